The van der Waals surface area contributed by atoms with E-state index in [1.807, 2.05) is 12.1 Å². The minimum atomic E-state index is -0.302. The summed E-state index contributed by atoms with van der Waals surface area (Å²) in [5, 5.41) is 14.8. The zero-order valence-electron chi connectivity index (χ0n) is 12.5. The third kappa shape index (κ3) is 4.17. The van der Waals surface area contributed by atoms with Crippen LogP contribution in [0.4, 0.5) is 11.4 Å². The second-order valence-electron chi connectivity index (χ2n) is 5.78. The normalized spacial score (nSPS) is 18.8. The molecule has 6 heteroatoms. The van der Waals surface area contributed by atoms with Crippen molar-refractivity contribution in [1.29, 1.82) is 0 Å². The standard InChI is InChI=1S/C15H22BrN3O2/c1-11(2)18(10-13-5-3-4-8-17-13)14-7-6-12(16)9-15(14)19(20)21/h6-7,9,11,13,17H,3-5,8,10H2,1-2H3. The summed E-state index contributed by atoms with van der Waals surface area (Å²) in [7, 11) is 0. The Bertz CT molecular complexity index is 502. The molecule has 5 nitrogen and oxygen atoms in total. The van der Waals surface area contributed by atoms with Gasteiger partial charge in [-0.1, -0.05) is 22.4 Å². The van der Waals surface area contributed by atoms with Gasteiger partial charge in [0, 0.05) is 29.2 Å². The molecule has 0 aliphatic carbocycles. The van der Waals surface area contributed by atoms with Gasteiger partial charge >= 0.3 is 0 Å². The third-order valence-corrected chi connectivity index (χ3v) is 4.39. The van der Waals surface area contributed by atoms with Crippen molar-refractivity contribution in [3.05, 3.63) is 32.8 Å². The third-order valence-electron chi connectivity index (χ3n) is 3.90. The lowest BCUT2D eigenvalue weighted by molar-refractivity contribution is -0.384. The second-order valence-corrected chi connectivity index (χ2v) is 6.70. The number of hydrogen-bond donors (Lipinski definition) is 1. The molecule has 1 N–H and O–H groups in total. The Hall–Kier alpha value is -1.14. The molecule has 1 aromatic rings. The van der Waals surface area contributed by atoms with Crippen molar-refractivity contribution in [2.45, 2.75) is 45.2 Å². The number of nitro benzene ring substituents is 1. The molecule has 2 rings (SSSR count). The van der Waals surface area contributed by atoms with E-state index in [2.05, 4.69) is 40.0 Å². The summed E-state index contributed by atoms with van der Waals surface area (Å²) in [5.41, 5.74) is 0.861. The van der Waals surface area contributed by atoms with Crippen LogP contribution in [0.3, 0.4) is 0 Å². The molecule has 0 radical (unpaired) electrons. The van der Waals surface area contributed by atoms with Gasteiger partial charge in [0.15, 0.2) is 0 Å². The molecule has 0 amide bonds. The SMILES string of the molecule is CC(C)N(CC1CCCCN1)c1ccc(Br)cc1[N+](=O)[O-]. The van der Waals surface area contributed by atoms with Gasteiger partial charge in [-0.25, -0.2) is 0 Å². The van der Waals surface area contributed by atoms with E-state index >= 15 is 0 Å². The summed E-state index contributed by atoms with van der Waals surface area (Å²) in [6.07, 6.45) is 3.58. The minimum Gasteiger partial charge on any atom is -0.362 e. The molecule has 1 atom stereocenters. The average Bonchev–Trinajstić information content (AvgIpc) is 2.46. The Balaban J connectivity index is 2.27. The van der Waals surface area contributed by atoms with Gasteiger partial charge in [0.1, 0.15) is 5.69 Å². The van der Waals surface area contributed by atoms with Gasteiger partial charge in [0.2, 0.25) is 0 Å². The molecule has 116 valence electrons. The molecule has 1 saturated heterocycles. The van der Waals surface area contributed by atoms with E-state index in [9.17, 15) is 10.1 Å². The molecule has 0 bridgehead atoms. The molecule has 1 aliphatic heterocycles. The quantitative estimate of drug-likeness (QED) is 0.645. The zero-order chi connectivity index (χ0) is 15.4. The lowest BCUT2D eigenvalue weighted by atomic mass is 10.0. The maximum absolute atomic E-state index is 11.3. The van der Waals surface area contributed by atoms with Crippen molar-refractivity contribution >= 4 is 27.3 Å². The van der Waals surface area contributed by atoms with Crippen LogP contribution in [0.5, 0.6) is 0 Å². The van der Waals surface area contributed by atoms with E-state index in [4.69, 9.17) is 0 Å². The van der Waals surface area contributed by atoms with Crippen molar-refractivity contribution in [3.8, 4) is 0 Å². The lowest BCUT2D eigenvalue weighted by Crippen LogP contribution is -2.46. The van der Waals surface area contributed by atoms with Crippen LogP contribution in [0, 0.1) is 10.1 Å². The van der Waals surface area contributed by atoms with E-state index in [0.717, 1.165) is 24.0 Å². The van der Waals surface area contributed by atoms with Crippen LogP contribution in [0.2, 0.25) is 0 Å². The maximum atomic E-state index is 11.3. The van der Waals surface area contributed by atoms with Crippen molar-refractivity contribution in [2.75, 3.05) is 18.0 Å². The smallest absolute Gasteiger partial charge is 0.293 e. The van der Waals surface area contributed by atoms with Crippen LogP contribution in [0.25, 0.3) is 0 Å². The monoisotopic (exact) mass is 355 g/mol. The summed E-state index contributed by atoms with van der Waals surface area (Å²) in [6.45, 7) is 6.00. The number of hydrogen-bond acceptors (Lipinski definition) is 4. The van der Waals surface area contributed by atoms with E-state index in [1.54, 1.807) is 6.07 Å². The first-order chi connectivity index (χ1) is 9.99. The fourth-order valence-electron chi connectivity index (χ4n) is 2.79. The first kappa shape index (κ1) is 16.2. The molecule has 1 aromatic carbocycles. The predicted molar refractivity (Wildman–Crippen MR) is 88.9 cm³/mol. The number of nitro groups is 1. The highest BCUT2D eigenvalue weighted by Gasteiger charge is 2.25. The van der Waals surface area contributed by atoms with Crippen LogP contribution in [0.15, 0.2) is 22.7 Å². The van der Waals surface area contributed by atoms with Crippen LogP contribution in [-0.2, 0) is 0 Å². The Labute approximate surface area is 134 Å². The first-order valence-electron chi connectivity index (χ1n) is 7.43. The summed E-state index contributed by atoms with van der Waals surface area (Å²) in [5.74, 6) is 0. The highest BCUT2D eigenvalue weighted by molar-refractivity contribution is 9.10. The fourth-order valence-corrected chi connectivity index (χ4v) is 3.14. The van der Waals surface area contributed by atoms with E-state index in [-0.39, 0.29) is 16.7 Å². The highest BCUT2D eigenvalue weighted by Crippen LogP contribution is 2.32. The van der Waals surface area contributed by atoms with E-state index in [1.165, 1.54) is 12.8 Å². The van der Waals surface area contributed by atoms with Crippen molar-refractivity contribution in [3.63, 3.8) is 0 Å². The summed E-state index contributed by atoms with van der Waals surface area (Å²) in [4.78, 5) is 13.2. The molecular formula is C15H22BrN3O2. The van der Waals surface area contributed by atoms with Crippen molar-refractivity contribution < 1.29 is 4.92 Å². The lowest BCUT2D eigenvalue weighted by Gasteiger charge is -2.34. The molecule has 1 aliphatic rings. The minimum absolute atomic E-state index is 0.161. The average molecular weight is 356 g/mol. The Morgan fingerprint density at radius 1 is 1.48 bits per heavy atom. The molecule has 1 fully saturated rings. The zero-order valence-corrected chi connectivity index (χ0v) is 14.1. The molecular weight excluding hydrogens is 334 g/mol. The molecule has 0 aromatic heterocycles. The molecule has 1 unspecified atom stereocenters. The van der Waals surface area contributed by atoms with Crippen molar-refractivity contribution in [2.24, 2.45) is 0 Å². The number of halogens is 1. The highest BCUT2D eigenvalue weighted by atomic mass is 79.9. The number of anilines is 1. The summed E-state index contributed by atoms with van der Waals surface area (Å²) >= 11 is 3.31. The van der Waals surface area contributed by atoms with Crippen molar-refractivity contribution in [1.82, 2.24) is 5.32 Å². The maximum Gasteiger partial charge on any atom is 0.293 e. The number of nitrogens with one attached hydrogen (secondary N) is 1. The van der Waals surface area contributed by atoms with Gasteiger partial charge in [-0.2, -0.15) is 0 Å². The van der Waals surface area contributed by atoms with Gasteiger partial charge in [0.25, 0.3) is 5.69 Å². The van der Waals surface area contributed by atoms with Gasteiger partial charge < -0.3 is 10.2 Å². The molecule has 1 heterocycles. The number of benzene rings is 1. The number of nitrogens with zero attached hydrogens (tertiary/aromatic N) is 2. The molecule has 0 saturated carbocycles. The van der Waals surface area contributed by atoms with Crippen LogP contribution < -0.4 is 10.2 Å². The van der Waals surface area contributed by atoms with Crippen LogP contribution >= 0.6 is 15.9 Å². The first-order valence-corrected chi connectivity index (χ1v) is 8.22. The Kier molecular flexibility index (Phi) is 5.58. The Morgan fingerprint density at radius 3 is 2.81 bits per heavy atom. The van der Waals surface area contributed by atoms with E-state index in [0.29, 0.717) is 11.7 Å². The number of piperidine rings is 1. The van der Waals surface area contributed by atoms with Crippen LogP contribution in [0.1, 0.15) is 33.1 Å². The summed E-state index contributed by atoms with van der Waals surface area (Å²) < 4.78 is 0.734. The van der Waals surface area contributed by atoms with Gasteiger partial charge in [-0.05, 0) is 45.4 Å². The van der Waals surface area contributed by atoms with Gasteiger partial charge in [-0.15, -0.1) is 0 Å². The topological polar surface area (TPSA) is 58.4 Å². The fraction of sp³-hybridized carbons (Fsp3) is 0.600. The van der Waals surface area contributed by atoms with E-state index < -0.39 is 0 Å². The van der Waals surface area contributed by atoms with Crippen LogP contribution in [-0.4, -0.2) is 30.1 Å². The Morgan fingerprint density at radius 2 is 2.24 bits per heavy atom. The molecule has 21 heavy (non-hydrogen) atoms. The predicted octanol–water partition coefficient (Wildman–Crippen LogP) is 3.71. The largest absolute Gasteiger partial charge is 0.362 e. The van der Waals surface area contributed by atoms with Gasteiger partial charge in [0.05, 0.1) is 4.92 Å². The summed E-state index contributed by atoms with van der Waals surface area (Å²) in [6, 6.07) is 5.91. The van der Waals surface area contributed by atoms with Gasteiger partial charge in [-0.3, -0.25) is 10.1 Å². The second kappa shape index (κ2) is 7.22. The molecule has 0 spiro atoms. The number of rotatable bonds is 5.